The van der Waals surface area contributed by atoms with Crippen LogP contribution in [0.3, 0.4) is 0 Å². The molecule has 118 valence electrons. The zero-order valence-corrected chi connectivity index (χ0v) is 12.2. The van der Waals surface area contributed by atoms with Crippen molar-refractivity contribution in [3.05, 3.63) is 58.4 Å². The number of pyridine rings is 1. The van der Waals surface area contributed by atoms with Crippen molar-refractivity contribution in [2.75, 3.05) is 6.61 Å². The van der Waals surface area contributed by atoms with Crippen LogP contribution in [0.1, 0.15) is 16.8 Å². The maximum atomic E-state index is 12.8. The predicted molar refractivity (Wildman–Crippen MR) is 75.8 cm³/mol. The lowest BCUT2D eigenvalue weighted by Gasteiger charge is -2.13. The Hall–Kier alpha value is -1.79. The number of hydrogen-bond donors (Lipinski definition) is 1. The zero-order valence-electron chi connectivity index (χ0n) is 11.4. The largest absolute Gasteiger partial charge is 0.489 e. The van der Waals surface area contributed by atoms with Crippen LogP contribution in [0.4, 0.5) is 13.2 Å². The number of rotatable bonds is 5. The molecule has 0 saturated heterocycles. The van der Waals surface area contributed by atoms with E-state index in [1.54, 1.807) is 12.1 Å². The average molecular weight is 332 g/mol. The number of hydrogen-bond acceptors (Lipinski definition) is 3. The predicted octanol–water partition coefficient (Wildman–Crippen LogP) is 3.87. The molecule has 1 aromatic carbocycles. The van der Waals surface area contributed by atoms with Crippen LogP contribution in [0.2, 0.25) is 5.02 Å². The van der Waals surface area contributed by atoms with Crippen LogP contribution in [0.15, 0.2) is 36.5 Å². The van der Waals surface area contributed by atoms with E-state index in [9.17, 15) is 13.2 Å². The van der Waals surface area contributed by atoms with Gasteiger partial charge in [-0.2, -0.15) is 13.2 Å². The molecule has 2 aromatic rings. The zero-order chi connectivity index (χ0) is 16.2. The highest BCUT2D eigenvalue weighted by Crippen LogP contribution is 2.31. The third kappa shape index (κ3) is 4.35. The molecule has 0 amide bonds. The van der Waals surface area contributed by atoms with E-state index < -0.39 is 11.9 Å². The summed E-state index contributed by atoms with van der Waals surface area (Å²) >= 11 is 5.92. The lowest BCUT2D eigenvalue weighted by molar-refractivity contribution is -0.142. The quantitative estimate of drug-likeness (QED) is 0.904. The molecular formula is C15H13ClF3NO2. The Balaban J connectivity index is 2.17. The summed E-state index contributed by atoms with van der Waals surface area (Å²) in [6, 6.07) is 7.53. The first-order valence-corrected chi connectivity index (χ1v) is 6.82. The summed E-state index contributed by atoms with van der Waals surface area (Å²) in [5.41, 5.74) is -0.279. The van der Waals surface area contributed by atoms with Crippen molar-refractivity contribution in [2.24, 2.45) is 0 Å². The molecule has 0 fully saturated rings. The average Bonchev–Trinajstić information content (AvgIpc) is 2.44. The number of aromatic nitrogens is 1. The van der Waals surface area contributed by atoms with E-state index >= 15 is 0 Å². The molecule has 2 rings (SSSR count). The Morgan fingerprint density at radius 1 is 1.23 bits per heavy atom. The molecular weight excluding hydrogens is 319 g/mol. The number of nitrogens with zero attached hydrogens (tertiary/aromatic N) is 1. The Morgan fingerprint density at radius 3 is 2.68 bits per heavy atom. The number of aliphatic hydroxyl groups excluding tert-OH is 1. The molecule has 0 saturated carbocycles. The van der Waals surface area contributed by atoms with Gasteiger partial charge in [0.15, 0.2) is 5.69 Å². The van der Waals surface area contributed by atoms with Gasteiger partial charge in [0.2, 0.25) is 0 Å². The van der Waals surface area contributed by atoms with Crippen molar-refractivity contribution in [3.63, 3.8) is 0 Å². The van der Waals surface area contributed by atoms with E-state index in [1.165, 1.54) is 18.2 Å². The third-order valence-corrected chi connectivity index (χ3v) is 3.10. The van der Waals surface area contributed by atoms with Crippen molar-refractivity contribution in [3.8, 4) is 5.75 Å². The lowest BCUT2D eigenvalue weighted by atomic mass is 10.1. The van der Waals surface area contributed by atoms with Gasteiger partial charge in [-0.1, -0.05) is 17.7 Å². The standard InChI is InChI=1S/C15H13ClF3NO2/c16-12-6-10(3-5-21)7-13(8-12)22-9-11-2-1-4-20-14(11)15(17,18)19/h1-2,4,6-8,21H,3,5,9H2. The number of benzene rings is 1. The highest BCUT2D eigenvalue weighted by Gasteiger charge is 2.35. The molecule has 7 heteroatoms. The summed E-state index contributed by atoms with van der Waals surface area (Å²) in [6.07, 6.45) is -3.06. The van der Waals surface area contributed by atoms with Gasteiger partial charge in [-0.3, -0.25) is 4.98 Å². The SMILES string of the molecule is OCCc1cc(Cl)cc(OCc2cccnc2C(F)(F)F)c1. The van der Waals surface area contributed by atoms with E-state index in [0.29, 0.717) is 17.2 Å². The van der Waals surface area contributed by atoms with Crippen LogP contribution in [0.25, 0.3) is 0 Å². The fraction of sp³-hybridized carbons (Fsp3) is 0.267. The van der Waals surface area contributed by atoms with E-state index in [0.717, 1.165) is 11.8 Å². The fourth-order valence-electron chi connectivity index (χ4n) is 1.95. The molecule has 0 spiro atoms. The number of halogens is 4. The van der Waals surface area contributed by atoms with Crippen LogP contribution < -0.4 is 4.74 Å². The van der Waals surface area contributed by atoms with Crippen LogP contribution in [-0.2, 0) is 19.2 Å². The van der Waals surface area contributed by atoms with Gasteiger partial charge >= 0.3 is 6.18 Å². The Labute approximate surface area is 130 Å². The Morgan fingerprint density at radius 2 is 2.00 bits per heavy atom. The maximum Gasteiger partial charge on any atom is 0.433 e. The summed E-state index contributed by atoms with van der Waals surface area (Å²) in [4.78, 5) is 3.36. The number of ether oxygens (including phenoxy) is 1. The van der Waals surface area contributed by atoms with Crippen molar-refractivity contribution in [1.82, 2.24) is 4.98 Å². The van der Waals surface area contributed by atoms with Gasteiger partial charge in [0.1, 0.15) is 12.4 Å². The molecule has 1 aromatic heterocycles. The smallest absolute Gasteiger partial charge is 0.433 e. The van der Waals surface area contributed by atoms with E-state index in [-0.39, 0.29) is 18.8 Å². The summed E-state index contributed by atoms with van der Waals surface area (Å²) in [6.45, 7) is -0.331. The van der Waals surface area contributed by atoms with Gasteiger partial charge in [0, 0.05) is 23.4 Å². The highest BCUT2D eigenvalue weighted by atomic mass is 35.5. The number of aliphatic hydroxyl groups is 1. The molecule has 22 heavy (non-hydrogen) atoms. The minimum Gasteiger partial charge on any atom is -0.489 e. The monoisotopic (exact) mass is 331 g/mol. The highest BCUT2D eigenvalue weighted by molar-refractivity contribution is 6.30. The Kier molecular flexibility index (Phi) is 5.26. The molecule has 1 N–H and O–H groups in total. The van der Waals surface area contributed by atoms with E-state index in [1.807, 2.05) is 0 Å². The summed E-state index contributed by atoms with van der Waals surface area (Å²) < 4.78 is 43.9. The van der Waals surface area contributed by atoms with Crippen LogP contribution in [0, 0.1) is 0 Å². The lowest BCUT2D eigenvalue weighted by Crippen LogP contribution is -2.13. The molecule has 1 heterocycles. The summed E-state index contributed by atoms with van der Waals surface area (Å²) in [5.74, 6) is 0.341. The number of alkyl halides is 3. The summed E-state index contributed by atoms with van der Waals surface area (Å²) in [5, 5.41) is 9.31. The van der Waals surface area contributed by atoms with Gasteiger partial charge in [-0.05, 0) is 36.2 Å². The molecule has 0 aliphatic carbocycles. The van der Waals surface area contributed by atoms with Gasteiger partial charge < -0.3 is 9.84 Å². The van der Waals surface area contributed by atoms with E-state index in [4.69, 9.17) is 21.4 Å². The van der Waals surface area contributed by atoms with Gasteiger partial charge in [0.05, 0.1) is 0 Å². The first-order chi connectivity index (χ1) is 10.4. The third-order valence-electron chi connectivity index (χ3n) is 2.89. The normalized spacial score (nSPS) is 11.5. The molecule has 0 aliphatic heterocycles. The Bertz CT molecular complexity index is 647. The molecule has 0 aliphatic rings. The van der Waals surface area contributed by atoms with Gasteiger partial charge in [0.25, 0.3) is 0 Å². The van der Waals surface area contributed by atoms with Crippen molar-refractivity contribution >= 4 is 11.6 Å². The molecule has 3 nitrogen and oxygen atoms in total. The minimum absolute atomic E-state index is 0.0550. The first kappa shape index (κ1) is 16.6. The molecule has 0 unspecified atom stereocenters. The fourth-order valence-corrected chi connectivity index (χ4v) is 2.20. The molecule has 0 atom stereocenters. The minimum atomic E-state index is -4.53. The van der Waals surface area contributed by atoms with Gasteiger partial charge in [-0.15, -0.1) is 0 Å². The van der Waals surface area contributed by atoms with Crippen molar-refractivity contribution in [2.45, 2.75) is 19.2 Å². The summed E-state index contributed by atoms with van der Waals surface area (Å²) in [7, 11) is 0. The molecule has 0 bridgehead atoms. The molecule has 0 radical (unpaired) electrons. The van der Waals surface area contributed by atoms with Crippen molar-refractivity contribution in [1.29, 1.82) is 0 Å². The van der Waals surface area contributed by atoms with E-state index in [2.05, 4.69) is 4.98 Å². The van der Waals surface area contributed by atoms with Crippen LogP contribution in [0.5, 0.6) is 5.75 Å². The van der Waals surface area contributed by atoms with Crippen LogP contribution in [-0.4, -0.2) is 16.7 Å². The van der Waals surface area contributed by atoms with Gasteiger partial charge in [-0.25, -0.2) is 0 Å². The second-order valence-electron chi connectivity index (χ2n) is 4.57. The maximum absolute atomic E-state index is 12.8. The second-order valence-corrected chi connectivity index (χ2v) is 5.00. The van der Waals surface area contributed by atoms with Crippen LogP contribution >= 0.6 is 11.6 Å². The van der Waals surface area contributed by atoms with Crippen molar-refractivity contribution < 1.29 is 23.0 Å². The first-order valence-electron chi connectivity index (χ1n) is 6.44. The topological polar surface area (TPSA) is 42.4 Å². The second kappa shape index (κ2) is 6.98.